The van der Waals surface area contributed by atoms with E-state index in [9.17, 15) is 10.4 Å². The Morgan fingerprint density at radius 2 is 2.03 bits per heavy atom. The first-order valence-electron chi connectivity index (χ1n) is 10.2. The first-order valence-corrected chi connectivity index (χ1v) is 10.2. The van der Waals surface area contributed by atoms with Crippen LogP contribution in [0.3, 0.4) is 0 Å². The largest absolute Gasteiger partial charge is 0.390 e. The molecule has 1 aliphatic heterocycles. The zero-order chi connectivity index (χ0) is 20.6. The minimum Gasteiger partial charge on any atom is -0.390 e. The number of aromatic amines is 1. The highest BCUT2D eigenvalue weighted by atomic mass is 16.5. The van der Waals surface area contributed by atoms with Gasteiger partial charge in [0.25, 0.3) is 0 Å². The van der Waals surface area contributed by atoms with Crippen LogP contribution in [0.5, 0.6) is 0 Å². The van der Waals surface area contributed by atoms with Crippen LogP contribution in [0.15, 0.2) is 30.3 Å². The number of hydrogen-bond acceptors (Lipinski definition) is 5. The average Bonchev–Trinajstić information content (AvgIpc) is 2.73. The van der Waals surface area contributed by atoms with Crippen LogP contribution in [-0.4, -0.2) is 44.6 Å². The van der Waals surface area contributed by atoms with E-state index in [0.717, 1.165) is 43.0 Å². The number of methoxy groups -OCH3 is 1. The second-order valence-corrected chi connectivity index (χ2v) is 7.56. The van der Waals surface area contributed by atoms with Crippen molar-refractivity contribution in [1.82, 2.24) is 0 Å². The van der Waals surface area contributed by atoms with E-state index in [0.29, 0.717) is 31.1 Å². The molecule has 0 amide bonds. The number of aliphatic hydroxyl groups is 1. The topological polar surface area (TPSA) is 95.9 Å². The van der Waals surface area contributed by atoms with Gasteiger partial charge in [-0.25, -0.2) is 4.98 Å². The van der Waals surface area contributed by atoms with Gasteiger partial charge in [0.2, 0.25) is 11.6 Å². The van der Waals surface area contributed by atoms with Crippen molar-refractivity contribution in [1.29, 1.82) is 5.26 Å². The van der Waals surface area contributed by atoms with Gasteiger partial charge in [-0.2, -0.15) is 5.26 Å². The van der Waals surface area contributed by atoms with Gasteiger partial charge in [-0.05, 0) is 12.5 Å². The molecule has 0 radical (unpaired) electrons. The summed E-state index contributed by atoms with van der Waals surface area (Å²) in [4.78, 5) is 4.84. The van der Waals surface area contributed by atoms with Crippen molar-refractivity contribution in [3.05, 3.63) is 52.6 Å². The number of fused-ring (bicyclic) bond motifs is 1. The minimum absolute atomic E-state index is 0.382. The number of aliphatic hydroxyl groups excluding tert-OH is 1. The van der Waals surface area contributed by atoms with Crippen molar-refractivity contribution < 1.29 is 19.7 Å². The first kappa shape index (κ1) is 21.1. The molecular formula is C22H31N5O2+2. The van der Waals surface area contributed by atoms with Gasteiger partial charge in [0.05, 0.1) is 37.9 Å². The Morgan fingerprint density at radius 3 is 2.72 bits per heavy atom. The Bertz CT molecular complexity index is 849. The molecule has 2 heterocycles. The highest BCUT2D eigenvalue weighted by Crippen LogP contribution is 2.25. The lowest BCUT2D eigenvalue weighted by molar-refractivity contribution is -0.929. The van der Waals surface area contributed by atoms with E-state index in [2.05, 4.69) is 46.0 Å². The van der Waals surface area contributed by atoms with Gasteiger partial charge in [-0.3, -0.25) is 0 Å². The van der Waals surface area contributed by atoms with Crippen molar-refractivity contribution >= 4 is 11.6 Å². The summed E-state index contributed by atoms with van der Waals surface area (Å²) in [6.45, 7) is 6.17. The highest BCUT2D eigenvalue weighted by molar-refractivity contribution is 5.60. The second kappa shape index (κ2) is 10.2. The van der Waals surface area contributed by atoms with E-state index in [1.165, 1.54) is 10.5 Å². The van der Waals surface area contributed by atoms with E-state index in [1.807, 2.05) is 6.07 Å². The van der Waals surface area contributed by atoms with E-state index in [1.54, 1.807) is 14.0 Å². The minimum atomic E-state index is -0.498. The number of benzene rings is 1. The van der Waals surface area contributed by atoms with Crippen LogP contribution in [0.2, 0.25) is 0 Å². The van der Waals surface area contributed by atoms with Crippen molar-refractivity contribution in [2.75, 3.05) is 44.0 Å². The molecule has 2 atom stereocenters. The molecule has 1 aromatic heterocycles. The standard InChI is InChI=1S/C22H29N5O2/c1-16(28)13-25-21-19(12-23)18-8-10-27(14-17-6-4-3-5-7-17)15-20(18)22(26-21)24-9-11-29-2/h3-7,16,28H,8-11,13-15H2,1-2H3,(H2,24,25,26)/p+2/t16-/m0/s1. The molecule has 29 heavy (non-hydrogen) atoms. The molecule has 2 aromatic rings. The molecule has 0 saturated heterocycles. The lowest BCUT2D eigenvalue weighted by Gasteiger charge is -2.27. The van der Waals surface area contributed by atoms with Gasteiger partial charge < -0.3 is 25.4 Å². The van der Waals surface area contributed by atoms with Crippen LogP contribution in [-0.2, 0) is 24.2 Å². The number of H-pyrrole nitrogens is 1. The average molecular weight is 398 g/mol. The van der Waals surface area contributed by atoms with Crippen LogP contribution in [0.4, 0.5) is 11.6 Å². The van der Waals surface area contributed by atoms with Crippen LogP contribution >= 0.6 is 0 Å². The monoisotopic (exact) mass is 397 g/mol. The smallest absolute Gasteiger partial charge is 0.237 e. The predicted molar refractivity (Wildman–Crippen MR) is 112 cm³/mol. The SMILES string of the molecule is COCCNc1[nH+]c(NC[C@H](C)O)c(C#N)c2c1C[NH+](Cc1ccccc1)CC2. The zero-order valence-electron chi connectivity index (χ0n) is 17.2. The number of pyridine rings is 1. The molecule has 5 N–H and O–H groups in total. The van der Waals surface area contributed by atoms with Gasteiger partial charge in [0.1, 0.15) is 24.7 Å². The maximum atomic E-state index is 9.83. The Morgan fingerprint density at radius 1 is 1.24 bits per heavy atom. The lowest BCUT2D eigenvalue weighted by Crippen LogP contribution is -3.10. The van der Waals surface area contributed by atoms with Crippen molar-refractivity contribution in [3.63, 3.8) is 0 Å². The molecule has 1 aromatic carbocycles. The third-order valence-corrected chi connectivity index (χ3v) is 5.21. The lowest BCUT2D eigenvalue weighted by atomic mass is 9.95. The third kappa shape index (κ3) is 5.45. The fourth-order valence-electron chi connectivity index (χ4n) is 3.80. The van der Waals surface area contributed by atoms with E-state index >= 15 is 0 Å². The number of nitrogens with one attached hydrogen (secondary N) is 4. The van der Waals surface area contributed by atoms with Gasteiger partial charge in [-0.15, -0.1) is 0 Å². The van der Waals surface area contributed by atoms with Crippen LogP contribution < -0.4 is 20.5 Å². The molecule has 0 spiro atoms. The number of ether oxygens (including phenoxy) is 1. The fraction of sp³-hybridized carbons (Fsp3) is 0.455. The van der Waals surface area contributed by atoms with Crippen LogP contribution in [0.1, 0.15) is 29.2 Å². The van der Waals surface area contributed by atoms with Gasteiger partial charge in [0, 0.05) is 19.1 Å². The maximum absolute atomic E-state index is 9.83. The molecule has 7 heteroatoms. The van der Waals surface area contributed by atoms with E-state index in [-0.39, 0.29) is 0 Å². The van der Waals surface area contributed by atoms with Gasteiger partial charge in [-0.1, -0.05) is 30.3 Å². The van der Waals surface area contributed by atoms with E-state index in [4.69, 9.17) is 4.74 Å². The summed E-state index contributed by atoms with van der Waals surface area (Å²) in [5, 5.41) is 26.1. The highest BCUT2D eigenvalue weighted by Gasteiger charge is 2.30. The molecule has 0 aliphatic carbocycles. The fourth-order valence-corrected chi connectivity index (χ4v) is 3.80. The summed E-state index contributed by atoms with van der Waals surface area (Å²) in [7, 11) is 1.68. The number of aromatic nitrogens is 1. The summed E-state index contributed by atoms with van der Waals surface area (Å²) < 4.78 is 5.18. The molecule has 0 saturated carbocycles. The van der Waals surface area contributed by atoms with Gasteiger partial charge >= 0.3 is 0 Å². The van der Waals surface area contributed by atoms with Gasteiger partial charge in [0.15, 0.2) is 0 Å². The summed E-state index contributed by atoms with van der Waals surface area (Å²) in [5.74, 6) is 1.59. The first-order chi connectivity index (χ1) is 14.1. The van der Waals surface area contributed by atoms with Crippen LogP contribution in [0, 0.1) is 11.3 Å². The molecule has 0 fully saturated rings. The van der Waals surface area contributed by atoms with Crippen molar-refractivity contribution in [2.24, 2.45) is 0 Å². The Balaban J connectivity index is 1.89. The number of nitriles is 1. The number of hydrogen-bond donors (Lipinski definition) is 4. The molecule has 3 rings (SSSR count). The molecule has 1 aliphatic rings. The Kier molecular flexibility index (Phi) is 7.42. The number of rotatable bonds is 9. The second-order valence-electron chi connectivity index (χ2n) is 7.56. The third-order valence-electron chi connectivity index (χ3n) is 5.21. The quantitative estimate of drug-likeness (QED) is 0.459. The summed E-state index contributed by atoms with van der Waals surface area (Å²) in [6.07, 6.45) is 0.346. The number of nitrogens with zero attached hydrogens (tertiary/aromatic N) is 1. The number of anilines is 2. The maximum Gasteiger partial charge on any atom is 0.237 e. The van der Waals surface area contributed by atoms with Crippen molar-refractivity contribution in [2.45, 2.75) is 32.5 Å². The molecule has 7 nitrogen and oxygen atoms in total. The summed E-state index contributed by atoms with van der Waals surface area (Å²) >= 11 is 0. The molecule has 1 unspecified atom stereocenters. The Labute approximate surface area is 172 Å². The predicted octanol–water partition coefficient (Wildman–Crippen LogP) is 0.365. The molecule has 154 valence electrons. The van der Waals surface area contributed by atoms with E-state index < -0.39 is 6.10 Å². The number of quaternary nitrogens is 1. The molecule has 0 bridgehead atoms. The zero-order valence-corrected chi connectivity index (χ0v) is 17.2. The molecular weight excluding hydrogens is 366 g/mol. The summed E-state index contributed by atoms with van der Waals surface area (Å²) in [6, 6.07) is 12.9. The van der Waals surface area contributed by atoms with Crippen LogP contribution in [0.25, 0.3) is 0 Å². The summed E-state index contributed by atoms with van der Waals surface area (Å²) in [5.41, 5.74) is 4.23. The van der Waals surface area contributed by atoms with Crippen molar-refractivity contribution in [3.8, 4) is 6.07 Å². The Hall–Kier alpha value is -2.66. The normalized spacial score (nSPS) is 16.6.